The van der Waals surface area contributed by atoms with Crippen molar-refractivity contribution in [3.63, 3.8) is 0 Å². The highest BCUT2D eigenvalue weighted by Crippen LogP contribution is 2.34. The van der Waals surface area contributed by atoms with Crippen molar-refractivity contribution in [2.24, 2.45) is 5.92 Å². The van der Waals surface area contributed by atoms with Gasteiger partial charge < -0.3 is 10.0 Å². The molecule has 3 unspecified atom stereocenters. The SMILES string of the molecule is CS(=O)(=O)CC(=O)N1CCCCC1C1CCCCC1O. The van der Waals surface area contributed by atoms with E-state index in [1.807, 2.05) is 0 Å². The van der Waals surface area contributed by atoms with Gasteiger partial charge in [-0.2, -0.15) is 0 Å². The first-order valence-corrected chi connectivity index (χ1v) is 9.60. The summed E-state index contributed by atoms with van der Waals surface area (Å²) < 4.78 is 22.7. The Bertz CT molecular complexity index is 448. The maximum Gasteiger partial charge on any atom is 0.238 e. The molecule has 1 aliphatic carbocycles. The fraction of sp³-hybridized carbons (Fsp3) is 0.929. The third kappa shape index (κ3) is 3.95. The number of likely N-dealkylation sites (tertiary alicyclic amines) is 1. The Hall–Kier alpha value is -0.620. The lowest BCUT2D eigenvalue weighted by molar-refractivity contribution is -0.135. The van der Waals surface area contributed by atoms with Crippen LogP contribution in [0.2, 0.25) is 0 Å². The molecule has 2 aliphatic rings. The molecule has 1 saturated heterocycles. The van der Waals surface area contributed by atoms with Crippen LogP contribution in [0.5, 0.6) is 0 Å². The van der Waals surface area contributed by atoms with Crippen LogP contribution in [-0.2, 0) is 14.6 Å². The third-order valence-electron chi connectivity index (χ3n) is 4.53. The monoisotopic (exact) mass is 303 g/mol. The van der Waals surface area contributed by atoms with Gasteiger partial charge in [0, 0.05) is 24.8 Å². The molecular weight excluding hydrogens is 278 g/mol. The molecule has 1 heterocycles. The van der Waals surface area contributed by atoms with Crippen molar-refractivity contribution in [1.82, 2.24) is 4.90 Å². The largest absolute Gasteiger partial charge is 0.393 e. The lowest BCUT2D eigenvalue weighted by atomic mass is 9.78. The molecule has 3 atom stereocenters. The Labute approximate surface area is 121 Å². The first-order chi connectivity index (χ1) is 9.38. The number of aliphatic hydroxyl groups is 1. The van der Waals surface area contributed by atoms with Gasteiger partial charge in [-0.25, -0.2) is 8.42 Å². The van der Waals surface area contributed by atoms with Crippen molar-refractivity contribution in [2.45, 2.75) is 57.1 Å². The van der Waals surface area contributed by atoms with Crippen molar-refractivity contribution in [2.75, 3.05) is 18.6 Å². The van der Waals surface area contributed by atoms with Crippen molar-refractivity contribution in [3.8, 4) is 0 Å². The number of nitrogens with zero attached hydrogens (tertiary/aromatic N) is 1. The van der Waals surface area contributed by atoms with Crippen molar-refractivity contribution in [3.05, 3.63) is 0 Å². The second-order valence-electron chi connectivity index (χ2n) is 6.24. The molecule has 6 heteroatoms. The molecule has 2 rings (SSSR count). The number of hydrogen-bond acceptors (Lipinski definition) is 4. The number of carbonyl (C=O) groups excluding carboxylic acids is 1. The minimum Gasteiger partial charge on any atom is -0.393 e. The van der Waals surface area contributed by atoms with E-state index in [0.29, 0.717) is 6.54 Å². The summed E-state index contributed by atoms with van der Waals surface area (Å²) in [5.74, 6) is -0.589. The van der Waals surface area contributed by atoms with Crippen LogP contribution in [0.3, 0.4) is 0 Å². The van der Waals surface area contributed by atoms with E-state index in [1.165, 1.54) is 0 Å². The van der Waals surface area contributed by atoms with Crippen LogP contribution in [-0.4, -0.2) is 55.0 Å². The number of rotatable bonds is 3. The van der Waals surface area contributed by atoms with Gasteiger partial charge in [0.05, 0.1) is 6.10 Å². The van der Waals surface area contributed by atoms with Crippen LogP contribution in [0, 0.1) is 5.92 Å². The predicted molar refractivity (Wildman–Crippen MR) is 77.0 cm³/mol. The molecular formula is C14H25NO4S. The van der Waals surface area contributed by atoms with Crippen LogP contribution in [0.25, 0.3) is 0 Å². The Balaban J connectivity index is 2.10. The topological polar surface area (TPSA) is 74.7 Å². The number of amides is 1. The Morgan fingerprint density at radius 1 is 1.15 bits per heavy atom. The van der Waals surface area contributed by atoms with Crippen LogP contribution in [0.15, 0.2) is 0 Å². The van der Waals surface area contributed by atoms with E-state index >= 15 is 0 Å². The van der Waals surface area contributed by atoms with E-state index in [0.717, 1.165) is 51.2 Å². The smallest absolute Gasteiger partial charge is 0.238 e. The average molecular weight is 303 g/mol. The molecule has 116 valence electrons. The summed E-state index contributed by atoms with van der Waals surface area (Å²) in [6.45, 7) is 0.627. The fourth-order valence-electron chi connectivity index (χ4n) is 3.61. The van der Waals surface area contributed by atoms with Crippen molar-refractivity contribution in [1.29, 1.82) is 0 Å². The van der Waals surface area contributed by atoms with E-state index in [2.05, 4.69) is 0 Å². The summed E-state index contributed by atoms with van der Waals surface area (Å²) in [6.07, 6.45) is 7.49. The van der Waals surface area contributed by atoms with Crippen LogP contribution in [0.4, 0.5) is 0 Å². The Kier molecular flexibility index (Phi) is 5.07. The summed E-state index contributed by atoms with van der Waals surface area (Å²) in [5, 5.41) is 10.2. The summed E-state index contributed by atoms with van der Waals surface area (Å²) in [4.78, 5) is 14.0. The molecule has 0 aromatic heterocycles. The molecule has 1 N–H and O–H groups in total. The fourth-order valence-corrected chi connectivity index (χ4v) is 4.22. The van der Waals surface area contributed by atoms with Gasteiger partial charge in [-0.05, 0) is 32.1 Å². The maximum atomic E-state index is 12.2. The van der Waals surface area contributed by atoms with Gasteiger partial charge in [0.2, 0.25) is 5.91 Å². The number of piperidine rings is 1. The highest BCUT2D eigenvalue weighted by atomic mass is 32.2. The molecule has 1 amide bonds. The summed E-state index contributed by atoms with van der Waals surface area (Å²) in [7, 11) is -3.29. The zero-order valence-electron chi connectivity index (χ0n) is 12.1. The first kappa shape index (κ1) is 15.8. The van der Waals surface area contributed by atoms with E-state index in [1.54, 1.807) is 4.90 Å². The first-order valence-electron chi connectivity index (χ1n) is 7.54. The van der Waals surface area contributed by atoms with Gasteiger partial charge in [-0.3, -0.25) is 4.79 Å². The molecule has 20 heavy (non-hydrogen) atoms. The van der Waals surface area contributed by atoms with Gasteiger partial charge >= 0.3 is 0 Å². The molecule has 0 aromatic carbocycles. The number of sulfone groups is 1. The second kappa shape index (κ2) is 6.43. The minimum absolute atomic E-state index is 0.0216. The molecule has 5 nitrogen and oxygen atoms in total. The average Bonchev–Trinajstić information content (AvgIpc) is 2.37. The summed E-state index contributed by atoms with van der Waals surface area (Å²) in [5.41, 5.74) is 0. The quantitative estimate of drug-likeness (QED) is 0.843. The van der Waals surface area contributed by atoms with Crippen LogP contribution >= 0.6 is 0 Å². The van der Waals surface area contributed by atoms with Gasteiger partial charge in [0.15, 0.2) is 9.84 Å². The molecule has 0 radical (unpaired) electrons. The molecule has 0 spiro atoms. The zero-order valence-corrected chi connectivity index (χ0v) is 12.9. The Morgan fingerprint density at radius 2 is 1.80 bits per heavy atom. The van der Waals surface area contributed by atoms with Gasteiger partial charge in [-0.1, -0.05) is 12.8 Å². The molecule has 1 saturated carbocycles. The molecule has 0 aromatic rings. The normalized spacial score (nSPS) is 32.1. The lowest BCUT2D eigenvalue weighted by Gasteiger charge is -2.43. The molecule has 2 fully saturated rings. The minimum atomic E-state index is -3.29. The lowest BCUT2D eigenvalue weighted by Crippen LogP contribution is -2.52. The third-order valence-corrected chi connectivity index (χ3v) is 5.30. The van der Waals surface area contributed by atoms with E-state index in [9.17, 15) is 18.3 Å². The van der Waals surface area contributed by atoms with Gasteiger partial charge in [-0.15, -0.1) is 0 Å². The van der Waals surface area contributed by atoms with E-state index in [-0.39, 0.29) is 24.0 Å². The number of aliphatic hydroxyl groups excluding tert-OH is 1. The van der Waals surface area contributed by atoms with Gasteiger partial charge in [0.25, 0.3) is 0 Å². The highest BCUT2D eigenvalue weighted by Gasteiger charge is 2.37. The van der Waals surface area contributed by atoms with E-state index < -0.39 is 15.6 Å². The zero-order chi connectivity index (χ0) is 14.8. The van der Waals surface area contributed by atoms with Crippen LogP contribution < -0.4 is 0 Å². The van der Waals surface area contributed by atoms with E-state index in [4.69, 9.17) is 0 Å². The standard InChI is InChI=1S/C14H25NO4S/c1-20(18,19)10-14(17)15-9-5-4-7-12(15)11-6-2-3-8-13(11)16/h11-13,16H,2-10H2,1H3. The molecule has 1 aliphatic heterocycles. The second-order valence-corrected chi connectivity index (χ2v) is 8.38. The van der Waals surface area contributed by atoms with Gasteiger partial charge in [0.1, 0.15) is 5.75 Å². The summed E-state index contributed by atoms with van der Waals surface area (Å²) >= 11 is 0. The summed E-state index contributed by atoms with van der Waals surface area (Å²) in [6, 6.07) is 0.0216. The highest BCUT2D eigenvalue weighted by molar-refractivity contribution is 7.91. The maximum absolute atomic E-state index is 12.2. The molecule has 0 bridgehead atoms. The number of carbonyl (C=O) groups is 1. The van der Waals surface area contributed by atoms with Crippen molar-refractivity contribution < 1.29 is 18.3 Å². The Morgan fingerprint density at radius 3 is 2.45 bits per heavy atom. The van der Waals surface area contributed by atoms with Crippen molar-refractivity contribution >= 4 is 15.7 Å². The predicted octanol–water partition coefficient (Wildman–Crippen LogP) is 0.963. The van der Waals surface area contributed by atoms with Crippen LogP contribution in [0.1, 0.15) is 44.9 Å². The number of hydrogen-bond donors (Lipinski definition) is 1.